The minimum Gasteiger partial charge on any atom is -0.467 e. The number of carbonyl (C=O) groups is 3. The first-order chi connectivity index (χ1) is 12.0. The van der Waals surface area contributed by atoms with Gasteiger partial charge in [0.25, 0.3) is 5.91 Å². The Labute approximate surface area is 144 Å². The van der Waals surface area contributed by atoms with E-state index in [4.69, 9.17) is 9.15 Å². The summed E-state index contributed by atoms with van der Waals surface area (Å²) in [4.78, 5) is 35.1. The van der Waals surface area contributed by atoms with Crippen molar-refractivity contribution in [2.45, 2.75) is 19.6 Å². The quantitative estimate of drug-likeness (QED) is 0.773. The molecule has 25 heavy (non-hydrogen) atoms. The first-order valence-electron chi connectivity index (χ1n) is 7.46. The molecule has 1 aromatic carbocycles. The molecule has 0 fully saturated rings. The van der Waals surface area contributed by atoms with Gasteiger partial charge in [0.1, 0.15) is 5.76 Å². The van der Waals surface area contributed by atoms with Gasteiger partial charge in [-0.25, -0.2) is 9.59 Å². The highest BCUT2D eigenvalue weighted by atomic mass is 16.6. The average molecular weight is 346 g/mol. The first kappa shape index (κ1) is 18.1. The zero-order valence-electron chi connectivity index (χ0n) is 13.8. The fourth-order valence-corrected chi connectivity index (χ4v) is 1.94. The zero-order valence-corrected chi connectivity index (χ0v) is 13.8. The summed E-state index contributed by atoms with van der Waals surface area (Å²) in [7, 11) is 1.13. The van der Waals surface area contributed by atoms with E-state index in [-0.39, 0.29) is 5.56 Å². The van der Waals surface area contributed by atoms with Gasteiger partial charge in [-0.3, -0.25) is 10.1 Å². The highest BCUT2D eigenvalue weighted by Gasteiger charge is 2.22. The Bertz CT molecular complexity index is 741. The largest absolute Gasteiger partial charge is 0.467 e. The van der Waals surface area contributed by atoms with E-state index in [0.29, 0.717) is 18.0 Å². The Morgan fingerprint density at radius 1 is 1.16 bits per heavy atom. The number of rotatable bonds is 6. The van der Waals surface area contributed by atoms with E-state index in [1.807, 2.05) is 5.32 Å². The van der Waals surface area contributed by atoms with Crippen LogP contribution in [0.15, 0.2) is 47.1 Å². The number of benzene rings is 1. The van der Waals surface area contributed by atoms with Crippen molar-refractivity contribution in [3.8, 4) is 0 Å². The zero-order chi connectivity index (χ0) is 18.2. The van der Waals surface area contributed by atoms with E-state index in [2.05, 4.69) is 10.1 Å². The Hall–Kier alpha value is -3.29. The minimum atomic E-state index is -1.16. The second-order valence-corrected chi connectivity index (χ2v) is 5.01. The summed E-state index contributed by atoms with van der Waals surface area (Å²) in [6.07, 6.45) is -0.531. The summed E-state index contributed by atoms with van der Waals surface area (Å²) >= 11 is 0. The smallest absolute Gasteiger partial charge is 0.413 e. The molecule has 0 saturated carbocycles. The Balaban J connectivity index is 2.01. The summed E-state index contributed by atoms with van der Waals surface area (Å²) in [5, 5.41) is 5.01. The van der Waals surface area contributed by atoms with Gasteiger partial charge in [0.05, 0.1) is 25.5 Å². The van der Waals surface area contributed by atoms with Crippen molar-refractivity contribution in [1.29, 1.82) is 0 Å². The maximum Gasteiger partial charge on any atom is 0.413 e. The lowest BCUT2D eigenvalue weighted by molar-refractivity contribution is -0.128. The highest BCUT2D eigenvalue weighted by molar-refractivity contribution is 5.99. The van der Waals surface area contributed by atoms with Gasteiger partial charge in [-0.1, -0.05) is 12.1 Å². The van der Waals surface area contributed by atoms with Gasteiger partial charge < -0.3 is 19.2 Å². The Kier molecular flexibility index (Phi) is 6.16. The van der Waals surface area contributed by atoms with Crippen molar-refractivity contribution in [1.82, 2.24) is 5.32 Å². The third kappa shape index (κ3) is 5.10. The van der Waals surface area contributed by atoms with Gasteiger partial charge >= 0.3 is 12.1 Å². The summed E-state index contributed by atoms with van der Waals surface area (Å²) in [5.74, 6) is -0.773. The lowest BCUT2D eigenvalue weighted by Crippen LogP contribution is -2.39. The minimum absolute atomic E-state index is 0.256. The van der Waals surface area contributed by atoms with E-state index >= 15 is 0 Å². The van der Waals surface area contributed by atoms with Crippen LogP contribution in [0, 0.1) is 0 Å². The van der Waals surface area contributed by atoms with Gasteiger partial charge in [-0.2, -0.15) is 0 Å². The predicted molar refractivity (Wildman–Crippen MR) is 87.9 cm³/mol. The van der Waals surface area contributed by atoms with Crippen molar-refractivity contribution in [2.75, 3.05) is 12.4 Å². The molecule has 2 aromatic rings. The number of alkyl carbamates (subject to hydrolysis) is 1. The van der Waals surface area contributed by atoms with Crippen LogP contribution in [-0.2, 0) is 20.8 Å². The molecule has 1 heterocycles. The number of furan rings is 1. The molecular formula is C17H18N2O6. The third-order valence-electron chi connectivity index (χ3n) is 3.24. The van der Waals surface area contributed by atoms with E-state index in [1.54, 1.807) is 42.7 Å². The molecule has 2 rings (SSSR count). The molecule has 0 saturated heterocycles. The molecule has 8 heteroatoms. The number of esters is 1. The lowest BCUT2D eigenvalue weighted by atomic mass is 10.1. The topological polar surface area (TPSA) is 107 Å². The molecule has 2 N–H and O–H groups in total. The van der Waals surface area contributed by atoms with Gasteiger partial charge in [0.15, 0.2) is 6.10 Å². The first-order valence-corrected chi connectivity index (χ1v) is 7.46. The summed E-state index contributed by atoms with van der Waals surface area (Å²) in [5.41, 5.74) is 0.788. The van der Waals surface area contributed by atoms with Crippen LogP contribution in [0.4, 0.5) is 10.5 Å². The van der Waals surface area contributed by atoms with Crippen LogP contribution in [-0.4, -0.2) is 31.2 Å². The van der Waals surface area contributed by atoms with E-state index in [9.17, 15) is 14.4 Å². The Morgan fingerprint density at radius 2 is 1.92 bits per heavy atom. The van der Waals surface area contributed by atoms with Crippen molar-refractivity contribution in [3.05, 3.63) is 54.0 Å². The van der Waals surface area contributed by atoms with Crippen LogP contribution in [0.2, 0.25) is 0 Å². The molecule has 0 radical (unpaired) electrons. The monoisotopic (exact) mass is 346 g/mol. The number of hydrogen-bond acceptors (Lipinski definition) is 7. The molecule has 0 aliphatic carbocycles. The number of anilines is 1. The number of imide groups is 1. The van der Waals surface area contributed by atoms with Crippen LogP contribution in [0.25, 0.3) is 0 Å². The third-order valence-corrected chi connectivity index (χ3v) is 3.24. The molecule has 0 spiro atoms. The number of methoxy groups -OCH3 is 1. The molecule has 0 aliphatic rings. The van der Waals surface area contributed by atoms with Gasteiger partial charge in [-0.15, -0.1) is 0 Å². The normalized spacial score (nSPS) is 11.3. The van der Waals surface area contributed by atoms with Crippen molar-refractivity contribution in [2.24, 2.45) is 0 Å². The fourth-order valence-electron chi connectivity index (χ4n) is 1.94. The standard InChI is InChI=1S/C17H18N2O6/c1-11(15(20)19-17(22)23-2)25-16(21)13-7-3-4-8-14(13)18-10-12-6-5-9-24-12/h3-9,11,18H,10H2,1-2H3,(H,19,20,22)/t11-/m1/s1. The van der Waals surface area contributed by atoms with Crippen molar-refractivity contribution < 1.29 is 28.3 Å². The maximum atomic E-state index is 12.3. The van der Waals surface area contributed by atoms with Crippen molar-refractivity contribution in [3.63, 3.8) is 0 Å². The number of nitrogens with one attached hydrogen (secondary N) is 2. The number of amides is 2. The van der Waals surface area contributed by atoms with E-state index in [1.165, 1.54) is 6.92 Å². The predicted octanol–water partition coefficient (Wildman–Crippen LogP) is 2.32. The number of para-hydroxylation sites is 1. The molecule has 8 nitrogen and oxygen atoms in total. The van der Waals surface area contributed by atoms with E-state index < -0.39 is 24.1 Å². The SMILES string of the molecule is COC(=O)NC(=O)[C@@H](C)OC(=O)c1ccccc1NCc1ccco1. The molecule has 0 unspecified atom stereocenters. The molecule has 2 amide bonds. The summed E-state index contributed by atoms with van der Waals surface area (Å²) < 4.78 is 14.6. The van der Waals surface area contributed by atoms with Crippen molar-refractivity contribution >= 4 is 23.7 Å². The second kappa shape index (κ2) is 8.53. The molecule has 1 aromatic heterocycles. The average Bonchev–Trinajstić information content (AvgIpc) is 3.13. The molecule has 1 atom stereocenters. The van der Waals surface area contributed by atoms with Crippen LogP contribution in [0.3, 0.4) is 0 Å². The van der Waals surface area contributed by atoms with Crippen LogP contribution in [0.1, 0.15) is 23.0 Å². The lowest BCUT2D eigenvalue weighted by Gasteiger charge is -2.14. The molecular weight excluding hydrogens is 328 g/mol. The molecule has 0 bridgehead atoms. The Morgan fingerprint density at radius 3 is 2.60 bits per heavy atom. The number of carbonyl (C=O) groups excluding carboxylic acids is 3. The fraction of sp³-hybridized carbons (Fsp3) is 0.235. The maximum absolute atomic E-state index is 12.3. The highest BCUT2D eigenvalue weighted by Crippen LogP contribution is 2.18. The molecule has 0 aliphatic heterocycles. The second-order valence-electron chi connectivity index (χ2n) is 5.01. The van der Waals surface area contributed by atoms with Gasteiger partial charge in [0.2, 0.25) is 0 Å². The van der Waals surface area contributed by atoms with Crippen LogP contribution < -0.4 is 10.6 Å². The summed E-state index contributed by atoms with van der Waals surface area (Å²) in [6, 6.07) is 10.3. The van der Waals surface area contributed by atoms with Crippen LogP contribution in [0.5, 0.6) is 0 Å². The summed E-state index contributed by atoms with van der Waals surface area (Å²) in [6.45, 7) is 1.74. The van der Waals surface area contributed by atoms with Gasteiger partial charge in [0, 0.05) is 5.69 Å². The number of ether oxygens (including phenoxy) is 2. The molecule has 132 valence electrons. The van der Waals surface area contributed by atoms with Gasteiger partial charge in [-0.05, 0) is 31.2 Å². The van der Waals surface area contributed by atoms with Crippen LogP contribution >= 0.6 is 0 Å². The van der Waals surface area contributed by atoms with E-state index in [0.717, 1.165) is 7.11 Å². The number of hydrogen-bond donors (Lipinski definition) is 2.